The van der Waals surface area contributed by atoms with E-state index in [1.165, 1.54) is 24.3 Å². The summed E-state index contributed by atoms with van der Waals surface area (Å²) in [6, 6.07) is 11.2. The Morgan fingerprint density at radius 1 is 1.05 bits per heavy atom. The minimum absolute atomic E-state index is 0.0400. The van der Waals surface area contributed by atoms with Gasteiger partial charge in [-0.3, -0.25) is 9.59 Å². The van der Waals surface area contributed by atoms with Gasteiger partial charge in [-0.25, -0.2) is 9.37 Å². The molecule has 3 heterocycles. The van der Waals surface area contributed by atoms with Crippen LogP contribution in [0.2, 0.25) is 0 Å². The lowest BCUT2D eigenvalue weighted by Gasteiger charge is -2.27. The number of ketones is 1. The lowest BCUT2D eigenvalue weighted by atomic mass is 10.1. The van der Waals surface area contributed by atoms with Crippen LogP contribution in [0.3, 0.4) is 0 Å². The van der Waals surface area contributed by atoms with Crippen molar-refractivity contribution in [2.75, 3.05) is 38.9 Å². The Morgan fingerprint density at radius 3 is 2.51 bits per heavy atom. The van der Waals surface area contributed by atoms with Crippen molar-refractivity contribution in [2.24, 2.45) is 0 Å². The third kappa shape index (κ3) is 5.67. The average molecular weight is 508 g/mol. The Morgan fingerprint density at radius 2 is 1.81 bits per heavy atom. The molecular weight excluding hydrogens is 477 g/mol. The third-order valence-corrected chi connectivity index (χ3v) is 6.68. The fourth-order valence-corrected chi connectivity index (χ4v) is 4.75. The highest BCUT2D eigenvalue weighted by atomic mass is 19.1. The van der Waals surface area contributed by atoms with Gasteiger partial charge >= 0.3 is 0 Å². The largest absolute Gasteiger partial charge is 0.454 e. The Balaban J connectivity index is 1.38. The number of Topliss-reactive ketones (excluding diaryl/α,β-unsaturated/α-hetero) is 1. The quantitative estimate of drug-likeness (QED) is 0.399. The van der Waals surface area contributed by atoms with Gasteiger partial charge in [0.2, 0.25) is 12.7 Å². The van der Waals surface area contributed by atoms with Crippen LogP contribution >= 0.6 is 0 Å². The molecule has 0 aliphatic carbocycles. The Labute approximate surface area is 214 Å². The van der Waals surface area contributed by atoms with E-state index < -0.39 is 5.82 Å². The van der Waals surface area contributed by atoms with Gasteiger partial charge in [0.15, 0.2) is 17.3 Å². The van der Waals surface area contributed by atoms with E-state index in [0.717, 1.165) is 35.1 Å². The maximum absolute atomic E-state index is 13.4. The SMILES string of the molecule is CN(C)c1nc2cc3c(cc2cc1CN(CC1CCCO1)C(=O)CCC(=O)c1ccc(F)cc1)OCO3. The number of anilines is 1. The molecule has 0 radical (unpaired) electrons. The van der Waals surface area contributed by atoms with Gasteiger partial charge in [-0.1, -0.05) is 0 Å². The van der Waals surface area contributed by atoms with Crippen LogP contribution in [0, 0.1) is 5.82 Å². The molecule has 8 nitrogen and oxygen atoms in total. The Kier molecular flexibility index (Phi) is 7.23. The second kappa shape index (κ2) is 10.7. The highest BCUT2D eigenvalue weighted by Gasteiger charge is 2.25. The number of pyridine rings is 1. The fourth-order valence-electron chi connectivity index (χ4n) is 4.75. The molecule has 1 unspecified atom stereocenters. The number of nitrogens with zero attached hydrogens (tertiary/aromatic N) is 3. The summed E-state index contributed by atoms with van der Waals surface area (Å²) in [6.07, 6.45) is 1.91. The zero-order valence-electron chi connectivity index (χ0n) is 21.0. The van der Waals surface area contributed by atoms with Gasteiger partial charge in [-0.15, -0.1) is 0 Å². The van der Waals surface area contributed by atoms with E-state index in [9.17, 15) is 14.0 Å². The predicted molar refractivity (Wildman–Crippen MR) is 137 cm³/mol. The number of hydrogen-bond donors (Lipinski definition) is 0. The second-order valence-electron chi connectivity index (χ2n) is 9.60. The fraction of sp³-hybridized carbons (Fsp3) is 0.393. The summed E-state index contributed by atoms with van der Waals surface area (Å²) in [5, 5.41) is 0.890. The van der Waals surface area contributed by atoms with Gasteiger partial charge in [0.1, 0.15) is 11.6 Å². The van der Waals surface area contributed by atoms with Crippen LogP contribution < -0.4 is 14.4 Å². The average Bonchev–Trinajstić information content (AvgIpc) is 3.57. The molecule has 1 atom stereocenters. The Bertz CT molecular complexity index is 1310. The lowest BCUT2D eigenvalue weighted by molar-refractivity contribution is -0.133. The van der Waals surface area contributed by atoms with Crippen LogP contribution in [-0.2, 0) is 16.1 Å². The first-order valence-corrected chi connectivity index (χ1v) is 12.5. The van der Waals surface area contributed by atoms with Crippen LogP contribution in [0.1, 0.15) is 41.6 Å². The number of aromatic nitrogens is 1. The van der Waals surface area contributed by atoms with E-state index in [-0.39, 0.29) is 37.4 Å². The van der Waals surface area contributed by atoms with E-state index in [2.05, 4.69) is 0 Å². The van der Waals surface area contributed by atoms with Crippen LogP contribution in [0.15, 0.2) is 42.5 Å². The van der Waals surface area contributed by atoms with Crippen molar-refractivity contribution >= 4 is 28.4 Å². The van der Waals surface area contributed by atoms with E-state index in [1.54, 1.807) is 4.90 Å². The number of carbonyl (C=O) groups excluding carboxylic acids is 2. The summed E-state index contributed by atoms with van der Waals surface area (Å²) in [5.41, 5.74) is 2.05. The summed E-state index contributed by atoms with van der Waals surface area (Å²) in [6.45, 7) is 1.63. The Hall–Kier alpha value is -3.72. The van der Waals surface area contributed by atoms with Crippen molar-refractivity contribution in [1.82, 2.24) is 9.88 Å². The minimum Gasteiger partial charge on any atom is -0.454 e. The number of halogens is 1. The van der Waals surface area contributed by atoms with Crippen molar-refractivity contribution in [1.29, 1.82) is 0 Å². The lowest BCUT2D eigenvalue weighted by Crippen LogP contribution is -2.37. The predicted octanol–water partition coefficient (Wildman–Crippen LogP) is 4.34. The van der Waals surface area contributed by atoms with Crippen LogP contribution in [-0.4, -0.2) is 61.7 Å². The normalized spacial score (nSPS) is 16.2. The van der Waals surface area contributed by atoms with E-state index >= 15 is 0 Å². The molecule has 0 N–H and O–H groups in total. The number of rotatable bonds is 9. The highest BCUT2D eigenvalue weighted by Crippen LogP contribution is 2.37. The van der Waals surface area contributed by atoms with Gasteiger partial charge in [-0.05, 0) is 49.2 Å². The zero-order chi connectivity index (χ0) is 25.9. The maximum Gasteiger partial charge on any atom is 0.231 e. The van der Waals surface area contributed by atoms with Crippen molar-refractivity contribution < 1.29 is 28.2 Å². The van der Waals surface area contributed by atoms with Crippen LogP contribution in [0.5, 0.6) is 11.5 Å². The van der Waals surface area contributed by atoms with E-state index in [4.69, 9.17) is 19.2 Å². The number of hydrogen-bond acceptors (Lipinski definition) is 7. The van der Waals surface area contributed by atoms with Crippen molar-refractivity contribution in [3.8, 4) is 11.5 Å². The number of ether oxygens (including phenoxy) is 3. The molecule has 0 spiro atoms. The molecule has 2 aliphatic rings. The maximum atomic E-state index is 13.4. The molecule has 2 aromatic carbocycles. The molecule has 0 saturated carbocycles. The van der Waals surface area contributed by atoms with Crippen LogP contribution in [0.4, 0.5) is 10.2 Å². The highest BCUT2D eigenvalue weighted by molar-refractivity contribution is 5.98. The summed E-state index contributed by atoms with van der Waals surface area (Å²) in [7, 11) is 3.83. The van der Waals surface area contributed by atoms with Crippen molar-refractivity contribution in [3.05, 3.63) is 59.4 Å². The first kappa shape index (κ1) is 25.0. The molecule has 1 amide bonds. The second-order valence-corrected chi connectivity index (χ2v) is 9.60. The topological polar surface area (TPSA) is 81.2 Å². The first-order valence-electron chi connectivity index (χ1n) is 12.5. The number of benzene rings is 2. The molecule has 3 aromatic rings. The summed E-state index contributed by atoms with van der Waals surface area (Å²) in [4.78, 5) is 34.6. The molecule has 1 saturated heterocycles. The van der Waals surface area contributed by atoms with Gasteiger partial charge in [-0.2, -0.15) is 0 Å². The molecule has 0 bridgehead atoms. The van der Waals surface area contributed by atoms with Gasteiger partial charge < -0.3 is 24.0 Å². The van der Waals surface area contributed by atoms with Crippen LogP contribution in [0.25, 0.3) is 10.9 Å². The molecule has 37 heavy (non-hydrogen) atoms. The van der Waals surface area contributed by atoms with Crippen molar-refractivity contribution in [3.63, 3.8) is 0 Å². The van der Waals surface area contributed by atoms with E-state index in [0.29, 0.717) is 36.8 Å². The molecule has 9 heteroatoms. The van der Waals surface area contributed by atoms with Gasteiger partial charge in [0.05, 0.1) is 11.6 Å². The molecule has 5 rings (SSSR count). The molecule has 1 aromatic heterocycles. The summed E-state index contributed by atoms with van der Waals surface area (Å²) < 4.78 is 30.1. The molecule has 194 valence electrons. The number of amides is 1. The van der Waals surface area contributed by atoms with Gasteiger partial charge in [0, 0.05) is 69.2 Å². The number of carbonyl (C=O) groups is 2. The standard InChI is InChI=1S/C28H30FN3O5/c1-31(2)28-20(12-19-13-25-26(37-17-36-25)14-23(19)30-28)15-32(16-22-4-3-11-35-22)27(34)10-9-24(33)18-5-7-21(29)8-6-18/h5-8,12-14,22H,3-4,9-11,15-17H2,1-2H3. The molecule has 2 aliphatic heterocycles. The third-order valence-electron chi connectivity index (χ3n) is 6.68. The van der Waals surface area contributed by atoms with Crippen molar-refractivity contribution in [2.45, 2.75) is 38.3 Å². The monoisotopic (exact) mass is 507 g/mol. The molecule has 1 fully saturated rings. The van der Waals surface area contributed by atoms with Gasteiger partial charge in [0.25, 0.3) is 0 Å². The smallest absolute Gasteiger partial charge is 0.231 e. The summed E-state index contributed by atoms with van der Waals surface area (Å²) >= 11 is 0. The number of fused-ring (bicyclic) bond motifs is 2. The first-order chi connectivity index (χ1) is 17.9. The zero-order valence-corrected chi connectivity index (χ0v) is 21.0. The minimum atomic E-state index is -0.403. The molecular formula is C28H30FN3O5. The van der Waals surface area contributed by atoms with E-state index in [1.807, 2.05) is 37.2 Å². The summed E-state index contributed by atoms with van der Waals surface area (Å²) in [5.74, 6) is 1.35.